The van der Waals surface area contributed by atoms with Crippen molar-refractivity contribution in [3.8, 4) is 5.88 Å². The van der Waals surface area contributed by atoms with Crippen molar-refractivity contribution < 1.29 is 13.5 Å². The van der Waals surface area contributed by atoms with E-state index in [0.29, 0.717) is 12.1 Å². The van der Waals surface area contributed by atoms with Crippen molar-refractivity contribution in [1.82, 2.24) is 15.2 Å². The minimum Gasteiger partial charge on any atom is -0.471 e. The molecule has 9 heteroatoms. The van der Waals surface area contributed by atoms with E-state index >= 15 is 0 Å². The van der Waals surface area contributed by atoms with Crippen molar-refractivity contribution in [3.05, 3.63) is 47.4 Å². The third kappa shape index (κ3) is 5.80. The van der Waals surface area contributed by atoms with Crippen molar-refractivity contribution >= 4 is 20.8 Å². The van der Waals surface area contributed by atoms with Crippen LogP contribution in [0.15, 0.2) is 36.3 Å². The number of alkyl halides is 3. The summed E-state index contributed by atoms with van der Waals surface area (Å²) in [6.07, 6.45) is 7.10. The molecule has 0 radical (unpaired) electrons. The van der Waals surface area contributed by atoms with Gasteiger partial charge in [0.05, 0.1) is 6.04 Å². The smallest absolute Gasteiger partial charge is 0.292 e. The third-order valence-corrected chi connectivity index (χ3v) is 4.34. The van der Waals surface area contributed by atoms with Crippen LogP contribution in [-0.2, 0) is 6.54 Å². The van der Waals surface area contributed by atoms with Gasteiger partial charge in [-0.2, -0.15) is 8.78 Å². The summed E-state index contributed by atoms with van der Waals surface area (Å²) in [5, 5.41) is 3.16. The maximum atomic E-state index is 12.8. The number of aromatic nitrogens is 1. The zero-order valence-corrected chi connectivity index (χ0v) is 16.0. The predicted octanol–water partition coefficient (Wildman–Crippen LogP) is 2.56. The standard InChI is InChI=1S/C16H22ClF2N4OP/c1-10-5-11(7-22-15(10)24-9-16(18,19)25)6-21-8-12-13(20)3-4-23(2)14(12)17/h3-5,7-8,13-14,21H,6,9,20,25H2,1-2H3/b12-8+. The van der Waals surface area contributed by atoms with E-state index in [2.05, 4.69) is 10.3 Å². The van der Waals surface area contributed by atoms with Crippen molar-refractivity contribution in [3.63, 3.8) is 0 Å². The Labute approximate surface area is 153 Å². The Morgan fingerprint density at radius 2 is 2.28 bits per heavy atom. The molecule has 0 spiro atoms. The van der Waals surface area contributed by atoms with E-state index in [1.807, 2.05) is 30.3 Å². The number of hydrogen-bond acceptors (Lipinski definition) is 5. The van der Waals surface area contributed by atoms with Gasteiger partial charge in [-0.15, -0.1) is 0 Å². The highest BCUT2D eigenvalue weighted by molar-refractivity contribution is 7.18. The number of nitrogens with zero attached hydrogens (tertiary/aromatic N) is 2. The number of hydrogen-bond donors (Lipinski definition) is 2. The van der Waals surface area contributed by atoms with Gasteiger partial charge in [-0.25, -0.2) is 4.98 Å². The lowest BCUT2D eigenvalue weighted by atomic mass is 10.1. The molecule has 1 aliphatic heterocycles. The van der Waals surface area contributed by atoms with Gasteiger partial charge in [0.2, 0.25) is 5.88 Å². The fourth-order valence-electron chi connectivity index (χ4n) is 2.29. The summed E-state index contributed by atoms with van der Waals surface area (Å²) < 4.78 is 30.7. The summed E-state index contributed by atoms with van der Waals surface area (Å²) in [4.78, 5) is 5.95. The summed E-state index contributed by atoms with van der Waals surface area (Å²) in [7, 11) is 3.31. The van der Waals surface area contributed by atoms with E-state index in [-0.39, 0.29) is 17.4 Å². The Morgan fingerprint density at radius 3 is 2.92 bits per heavy atom. The molecule has 0 aromatic carbocycles. The highest BCUT2D eigenvalue weighted by Gasteiger charge is 2.23. The lowest BCUT2D eigenvalue weighted by molar-refractivity contribution is 0.0440. The highest BCUT2D eigenvalue weighted by atomic mass is 35.5. The molecular weight excluding hydrogens is 369 g/mol. The minimum atomic E-state index is -2.97. The van der Waals surface area contributed by atoms with Crippen LogP contribution in [0.1, 0.15) is 11.1 Å². The van der Waals surface area contributed by atoms with Crippen LogP contribution in [0.25, 0.3) is 0 Å². The molecule has 1 aromatic heterocycles. The number of likely N-dealkylation sites (N-methyl/N-ethyl adjacent to an activating group) is 1. The number of halogens is 3. The van der Waals surface area contributed by atoms with E-state index in [1.54, 1.807) is 19.3 Å². The van der Waals surface area contributed by atoms with Gasteiger partial charge in [-0.1, -0.05) is 20.8 Å². The predicted molar refractivity (Wildman–Crippen MR) is 98.6 cm³/mol. The van der Waals surface area contributed by atoms with Gasteiger partial charge in [0.15, 0.2) is 6.61 Å². The highest BCUT2D eigenvalue weighted by Crippen LogP contribution is 2.24. The molecule has 5 nitrogen and oxygen atoms in total. The fourth-order valence-corrected chi connectivity index (χ4v) is 2.65. The van der Waals surface area contributed by atoms with E-state index < -0.39 is 12.3 Å². The number of aryl methyl sites for hydroxylation is 1. The lowest BCUT2D eigenvalue weighted by Gasteiger charge is -2.30. The van der Waals surface area contributed by atoms with Crippen molar-refractivity contribution in [2.24, 2.45) is 5.73 Å². The van der Waals surface area contributed by atoms with Gasteiger partial charge in [-0.3, -0.25) is 0 Å². The Bertz CT molecular complexity index is 666. The molecule has 3 atom stereocenters. The molecule has 138 valence electrons. The number of rotatable bonds is 6. The van der Waals surface area contributed by atoms with Gasteiger partial charge in [0, 0.05) is 37.1 Å². The lowest BCUT2D eigenvalue weighted by Crippen LogP contribution is -2.38. The van der Waals surface area contributed by atoms with Crippen molar-refractivity contribution in [2.45, 2.75) is 30.7 Å². The van der Waals surface area contributed by atoms with Crippen LogP contribution in [0.3, 0.4) is 0 Å². The zero-order chi connectivity index (χ0) is 18.6. The summed E-state index contributed by atoms with van der Waals surface area (Å²) in [5.74, 6) is 0.200. The molecule has 25 heavy (non-hydrogen) atoms. The van der Waals surface area contributed by atoms with Gasteiger partial charge in [0.25, 0.3) is 5.66 Å². The average molecular weight is 391 g/mol. The molecule has 0 fully saturated rings. The second-order valence-electron chi connectivity index (χ2n) is 5.91. The maximum Gasteiger partial charge on any atom is 0.292 e. The second kappa shape index (κ2) is 8.30. The molecule has 2 heterocycles. The number of nitrogens with two attached hydrogens (primary N) is 1. The fraction of sp³-hybridized carbons (Fsp3) is 0.438. The second-order valence-corrected chi connectivity index (χ2v) is 7.17. The SMILES string of the molecule is Cc1cc(CN/C=C2\C(N)C=CN(C)C2Cl)cnc1OCC(F)(F)P. The Morgan fingerprint density at radius 1 is 1.56 bits per heavy atom. The first-order chi connectivity index (χ1) is 11.7. The van der Waals surface area contributed by atoms with Crippen LogP contribution in [0.4, 0.5) is 8.78 Å². The molecule has 2 rings (SSSR count). The quantitative estimate of drug-likeness (QED) is 0.444. The zero-order valence-electron chi connectivity index (χ0n) is 14.0. The molecule has 1 aliphatic rings. The maximum absolute atomic E-state index is 12.8. The number of pyridine rings is 1. The number of nitrogens with one attached hydrogen (secondary N) is 1. The first kappa shape index (κ1) is 19.9. The van der Waals surface area contributed by atoms with Crippen LogP contribution in [0.2, 0.25) is 0 Å². The summed E-state index contributed by atoms with van der Waals surface area (Å²) in [5.41, 5.74) is 5.18. The Kier molecular flexibility index (Phi) is 6.60. The minimum absolute atomic E-state index is 0.200. The molecule has 0 amide bonds. The Hall–Kier alpha value is -1.43. The summed E-state index contributed by atoms with van der Waals surface area (Å²) in [6, 6.07) is 1.59. The van der Waals surface area contributed by atoms with Crippen LogP contribution < -0.4 is 15.8 Å². The van der Waals surface area contributed by atoms with Crippen molar-refractivity contribution in [1.29, 1.82) is 0 Å². The van der Waals surface area contributed by atoms with E-state index in [9.17, 15) is 8.78 Å². The first-order valence-electron chi connectivity index (χ1n) is 7.65. The van der Waals surface area contributed by atoms with Gasteiger partial charge in [0.1, 0.15) is 5.50 Å². The van der Waals surface area contributed by atoms with E-state index in [4.69, 9.17) is 22.1 Å². The van der Waals surface area contributed by atoms with E-state index in [0.717, 1.165) is 11.1 Å². The topological polar surface area (TPSA) is 63.4 Å². The van der Waals surface area contributed by atoms with E-state index in [1.165, 1.54) is 9.24 Å². The molecule has 1 aromatic rings. The summed E-state index contributed by atoms with van der Waals surface area (Å²) in [6.45, 7) is 1.53. The molecule has 0 bridgehead atoms. The van der Waals surface area contributed by atoms with Crippen LogP contribution >= 0.6 is 20.8 Å². The monoisotopic (exact) mass is 390 g/mol. The normalized spacial score (nSPS) is 22.4. The third-order valence-electron chi connectivity index (χ3n) is 3.61. The Balaban J connectivity index is 1.96. The summed E-state index contributed by atoms with van der Waals surface area (Å²) >= 11 is 6.32. The van der Waals surface area contributed by atoms with Crippen LogP contribution in [0.5, 0.6) is 5.88 Å². The average Bonchev–Trinajstić information content (AvgIpc) is 2.52. The van der Waals surface area contributed by atoms with Crippen molar-refractivity contribution in [2.75, 3.05) is 13.7 Å². The largest absolute Gasteiger partial charge is 0.471 e. The molecule has 0 saturated carbocycles. The van der Waals surface area contributed by atoms with Gasteiger partial charge < -0.3 is 20.7 Å². The van der Waals surface area contributed by atoms with Gasteiger partial charge in [-0.05, 0) is 30.8 Å². The van der Waals surface area contributed by atoms with Crippen LogP contribution in [-0.4, -0.2) is 40.7 Å². The molecule has 3 unspecified atom stereocenters. The van der Waals surface area contributed by atoms with Crippen LogP contribution in [0, 0.1) is 6.92 Å². The molecular formula is C16H22ClF2N4OP. The molecule has 3 N–H and O–H groups in total. The first-order valence-corrected chi connectivity index (χ1v) is 8.67. The van der Waals surface area contributed by atoms with Gasteiger partial charge >= 0.3 is 0 Å². The molecule has 0 saturated heterocycles. The number of ether oxygens (including phenoxy) is 1. The molecule has 0 aliphatic carbocycles.